The minimum Gasteiger partial charge on any atom is -0.316 e. The number of nitrogens with zero attached hydrogens (tertiary/aromatic N) is 2. The van der Waals surface area contributed by atoms with Crippen molar-refractivity contribution in [2.24, 2.45) is 0 Å². The predicted molar refractivity (Wildman–Crippen MR) is 89.5 cm³/mol. The van der Waals surface area contributed by atoms with Gasteiger partial charge < -0.3 is 4.40 Å². The fourth-order valence-corrected chi connectivity index (χ4v) is 2.96. The number of fused-ring (bicyclic) bond motifs is 3. The molecule has 0 atom stereocenters. The Bertz CT molecular complexity index is 1150. The molecular weight excluding hydrogens is 303 g/mol. The third-order valence-electron chi connectivity index (χ3n) is 4.11. The second kappa shape index (κ2) is 5.32. The zero-order valence-corrected chi connectivity index (χ0v) is 12.5. The van der Waals surface area contributed by atoms with Crippen LogP contribution in [0.5, 0.6) is 0 Å². The van der Waals surface area contributed by atoms with E-state index in [0.29, 0.717) is 11.1 Å². The Kier molecular flexibility index (Phi) is 3.14. The van der Waals surface area contributed by atoms with Crippen LogP contribution < -0.4 is 0 Å². The van der Waals surface area contributed by atoms with E-state index in [0.717, 1.165) is 22.5 Å². The molecule has 0 saturated carbocycles. The smallest absolute Gasteiger partial charge is 0.195 e. The number of hydrogen-bond acceptors (Lipinski definition) is 2. The molecule has 0 aliphatic rings. The molecule has 0 spiro atoms. The van der Waals surface area contributed by atoms with Gasteiger partial charge in [-0.15, -0.1) is 0 Å². The molecule has 24 heavy (non-hydrogen) atoms. The number of ketones is 1. The monoisotopic (exact) mass is 314 g/mol. The van der Waals surface area contributed by atoms with Crippen LogP contribution in [-0.2, 0) is 0 Å². The average molecular weight is 314 g/mol. The lowest BCUT2D eigenvalue weighted by molar-refractivity contribution is 0.104. The first-order valence-corrected chi connectivity index (χ1v) is 7.42. The van der Waals surface area contributed by atoms with Crippen molar-refractivity contribution in [2.45, 2.75) is 0 Å². The highest BCUT2D eigenvalue weighted by molar-refractivity contribution is 6.15. The van der Waals surface area contributed by atoms with Crippen molar-refractivity contribution in [3.05, 3.63) is 89.4 Å². The molecule has 0 fully saturated rings. The van der Waals surface area contributed by atoms with E-state index in [4.69, 9.17) is 5.26 Å². The van der Waals surface area contributed by atoms with E-state index in [-0.39, 0.29) is 11.3 Å². The Morgan fingerprint density at radius 1 is 1.00 bits per heavy atom. The maximum atomic E-state index is 13.5. The molecule has 2 aromatic heterocycles. The molecular formula is C20H11FN2O. The number of aromatic nitrogens is 1. The molecule has 2 aromatic carbocycles. The Morgan fingerprint density at radius 3 is 2.62 bits per heavy atom. The summed E-state index contributed by atoms with van der Waals surface area (Å²) in [5.41, 5.74) is 2.47. The van der Waals surface area contributed by atoms with Crippen molar-refractivity contribution >= 4 is 22.2 Å². The SMILES string of the molecule is N#Cc1cc(C(=O)c2cc3ccccc3n3cccc23)ccc1F. The maximum absolute atomic E-state index is 13.5. The standard InChI is InChI=1S/C20H11FN2O/c21-17-8-7-14(10-15(17)12-22)20(24)16-11-13-4-1-2-5-18(13)23-9-3-6-19(16)23/h1-11H. The molecule has 4 aromatic rings. The van der Waals surface area contributed by atoms with E-state index in [1.165, 1.54) is 12.1 Å². The number of benzene rings is 2. The Balaban J connectivity index is 1.97. The normalized spacial score (nSPS) is 10.8. The largest absolute Gasteiger partial charge is 0.316 e. The first kappa shape index (κ1) is 14.2. The lowest BCUT2D eigenvalue weighted by Crippen LogP contribution is -2.05. The number of hydrogen-bond donors (Lipinski definition) is 0. The lowest BCUT2D eigenvalue weighted by atomic mass is 9.99. The van der Waals surface area contributed by atoms with Gasteiger partial charge in [-0.05, 0) is 47.9 Å². The van der Waals surface area contributed by atoms with Gasteiger partial charge >= 0.3 is 0 Å². The summed E-state index contributed by atoms with van der Waals surface area (Å²) in [5, 5.41) is 9.91. The summed E-state index contributed by atoms with van der Waals surface area (Å²) in [5.74, 6) is -0.860. The Morgan fingerprint density at radius 2 is 1.79 bits per heavy atom. The van der Waals surface area contributed by atoms with Gasteiger partial charge in [0, 0.05) is 17.3 Å². The van der Waals surface area contributed by atoms with Crippen molar-refractivity contribution in [3.63, 3.8) is 0 Å². The first-order chi connectivity index (χ1) is 11.7. The molecule has 4 rings (SSSR count). The minimum atomic E-state index is -0.625. The molecule has 0 aliphatic heterocycles. The van der Waals surface area contributed by atoms with E-state index in [1.807, 2.05) is 53.1 Å². The van der Waals surface area contributed by atoms with Crippen LogP contribution in [0.25, 0.3) is 16.4 Å². The van der Waals surface area contributed by atoms with Gasteiger partial charge in [-0.2, -0.15) is 5.26 Å². The van der Waals surface area contributed by atoms with Crippen LogP contribution in [0.3, 0.4) is 0 Å². The molecule has 3 nitrogen and oxygen atoms in total. The average Bonchev–Trinajstić information content (AvgIpc) is 3.11. The van der Waals surface area contributed by atoms with Gasteiger partial charge in [0.1, 0.15) is 11.9 Å². The molecule has 0 bridgehead atoms. The fourth-order valence-electron chi connectivity index (χ4n) is 2.96. The highest BCUT2D eigenvalue weighted by Gasteiger charge is 2.16. The summed E-state index contributed by atoms with van der Waals surface area (Å²) < 4.78 is 15.5. The number of rotatable bonds is 2. The first-order valence-electron chi connectivity index (χ1n) is 7.42. The van der Waals surface area contributed by atoms with Gasteiger partial charge in [-0.25, -0.2) is 4.39 Å². The molecule has 0 unspecified atom stereocenters. The number of carbonyl (C=O) groups is 1. The zero-order chi connectivity index (χ0) is 16.7. The van der Waals surface area contributed by atoms with Crippen molar-refractivity contribution in [2.75, 3.05) is 0 Å². The van der Waals surface area contributed by atoms with Gasteiger partial charge in [-0.3, -0.25) is 4.79 Å². The van der Waals surface area contributed by atoms with Crippen LogP contribution in [0.4, 0.5) is 4.39 Å². The van der Waals surface area contributed by atoms with E-state index in [2.05, 4.69) is 0 Å². The molecule has 0 saturated heterocycles. The van der Waals surface area contributed by atoms with Crippen LogP contribution in [-0.4, -0.2) is 10.2 Å². The number of para-hydroxylation sites is 1. The summed E-state index contributed by atoms with van der Waals surface area (Å²) in [4.78, 5) is 12.9. The van der Waals surface area contributed by atoms with Crippen LogP contribution in [0.1, 0.15) is 21.5 Å². The van der Waals surface area contributed by atoms with Crippen LogP contribution in [0.2, 0.25) is 0 Å². The molecule has 4 heteroatoms. The quantitative estimate of drug-likeness (QED) is 0.517. The number of pyridine rings is 1. The number of nitriles is 1. The van der Waals surface area contributed by atoms with E-state index < -0.39 is 5.82 Å². The summed E-state index contributed by atoms with van der Waals surface area (Å²) in [6.07, 6.45) is 1.90. The molecule has 0 radical (unpaired) electrons. The third kappa shape index (κ3) is 2.07. The van der Waals surface area contributed by atoms with E-state index in [9.17, 15) is 9.18 Å². The highest BCUT2D eigenvalue weighted by atomic mass is 19.1. The second-order valence-corrected chi connectivity index (χ2v) is 5.52. The predicted octanol–water partition coefficient (Wildman–Crippen LogP) is 4.33. The summed E-state index contributed by atoms with van der Waals surface area (Å²) in [6.45, 7) is 0. The second-order valence-electron chi connectivity index (χ2n) is 5.52. The van der Waals surface area contributed by atoms with E-state index >= 15 is 0 Å². The highest BCUT2D eigenvalue weighted by Crippen LogP contribution is 2.24. The Labute approximate surface area is 137 Å². The third-order valence-corrected chi connectivity index (χ3v) is 4.11. The maximum Gasteiger partial charge on any atom is 0.195 e. The van der Waals surface area contributed by atoms with Crippen molar-refractivity contribution in [1.82, 2.24) is 4.40 Å². The van der Waals surface area contributed by atoms with Gasteiger partial charge in [0.2, 0.25) is 0 Å². The number of carbonyl (C=O) groups excluding carboxylic acids is 1. The summed E-state index contributed by atoms with van der Waals surface area (Å²) in [7, 11) is 0. The van der Waals surface area contributed by atoms with Gasteiger partial charge in [0.15, 0.2) is 5.78 Å². The van der Waals surface area contributed by atoms with Crippen molar-refractivity contribution < 1.29 is 9.18 Å². The topological polar surface area (TPSA) is 45.3 Å². The van der Waals surface area contributed by atoms with Crippen molar-refractivity contribution in [3.8, 4) is 6.07 Å². The lowest BCUT2D eigenvalue weighted by Gasteiger charge is -2.09. The zero-order valence-electron chi connectivity index (χ0n) is 12.5. The van der Waals surface area contributed by atoms with Crippen molar-refractivity contribution in [1.29, 1.82) is 5.26 Å². The minimum absolute atomic E-state index is 0.131. The summed E-state index contributed by atoms with van der Waals surface area (Å²) in [6, 6.07) is 19.0. The summed E-state index contributed by atoms with van der Waals surface area (Å²) >= 11 is 0. The fraction of sp³-hybridized carbons (Fsp3) is 0. The number of halogens is 1. The molecule has 0 N–H and O–H groups in total. The van der Waals surface area contributed by atoms with Crippen LogP contribution >= 0.6 is 0 Å². The van der Waals surface area contributed by atoms with Gasteiger partial charge in [0.05, 0.1) is 16.6 Å². The molecule has 2 heterocycles. The van der Waals surface area contributed by atoms with E-state index in [1.54, 1.807) is 6.07 Å². The van der Waals surface area contributed by atoms with Crippen LogP contribution in [0.15, 0.2) is 66.9 Å². The molecule has 0 aliphatic carbocycles. The van der Waals surface area contributed by atoms with Gasteiger partial charge in [0.25, 0.3) is 0 Å². The van der Waals surface area contributed by atoms with Crippen LogP contribution in [0, 0.1) is 17.1 Å². The Hall–Kier alpha value is -3.45. The molecule has 0 amide bonds. The van der Waals surface area contributed by atoms with Gasteiger partial charge in [-0.1, -0.05) is 18.2 Å². The molecule has 114 valence electrons.